The van der Waals surface area contributed by atoms with Crippen molar-refractivity contribution in [3.8, 4) is 0 Å². The molecule has 1 fully saturated rings. The molecule has 4 N–H and O–H groups in total. The lowest BCUT2D eigenvalue weighted by Gasteiger charge is -2.17. The van der Waals surface area contributed by atoms with E-state index < -0.39 is 15.3 Å². The van der Waals surface area contributed by atoms with Gasteiger partial charge in [-0.3, -0.25) is 4.79 Å². The van der Waals surface area contributed by atoms with Crippen LogP contribution in [-0.2, 0) is 14.8 Å². The number of carbonyl (C=O) groups is 1. The van der Waals surface area contributed by atoms with Crippen LogP contribution >= 0.6 is 0 Å². The SMILES string of the molecule is Cc1ccc(N2CC(S(N)(=O)=O)CC2=O)cc1N. The van der Waals surface area contributed by atoms with E-state index >= 15 is 0 Å². The number of nitrogens with zero attached hydrogens (tertiary/aromatic N) is 1. The monoisotopic (exact) mass is 269 g/mol. The molecular formula is C11H15N3O3S. The van der Waals surface area contributed by atoms with Crippen LogP contribution in [0.4, 0.5) is 11.4 Å². The first-order valence-corrected chi connectivity index (χ1v) is 7.08. The molecule has 1 unspecified atom stereocenters. The van der Waals surface area contributed by atoms with Crippen LogP contribution in [0.1, 0.15) is 12.0 Å². The highest BCUT2D eigenvalue weighted by atomic mass is 32.2. The number of hydrogen-bond donors (Lipinski definition) is 2. The van der Waals surface area contributed by atoms with Gasteiger partial charge in [-0.1, -0.05) is 6.07 Å². The van der Waals surface area contributed by atoms with Crippen LogP contribution < -0.4 is 15.8 Å². The molecule has 0 saturated carbocycles. The van der Waals surface area contributed by atoms with Gasteiger partial charge >= 0.3 is 0 Å². The summed E-state index contributed by atoms with van der Waals surface area (Å²) in [6.07, 6.45) is -0.0768. The van der Waals surface area contributed by atoms with E-state index in [9.17, 15) is 13.2 Å². The van der Waals surface area contributed by atoms with Crippen molar-refractivity contribution < 1.29 is 13.2 Å². The van der Waals surface area contributed by atoms with Crippen molar-refractivity contribution in [3.63, 3.8) is 0 Å². The topological polar surface area (TPSA) is 106 Å². The number of hydrogen-bond acceptors (Lipinski definition) is 4. The Morgan fingerprint density at radius 2 is 2.06 bits per heavy atom. The molecule has 0 radical (unpaired) electrons. The highest BCUT2D eigenvalue weighted by Crippen LogP contribution is 2.26. The number of amides is 1. The van der Waals surface area contributed by atoms with Crippen LogP contribution in [0.3, 0.4) is 0 Å². The predicted molar refractivity (Wildman–Crippen MR) is 69.5 cm³/mol. The minimum absolute atomic E-state index is 0.0768. The van der Waals surface area contributed by atoms with Gasteiger partial charge in [0.1, 0.15) is 5.25 Å². The van der Waals surface area contributed by atoms with Gasteiger partial charge < -0.3 is 10.6 Å². The van der Waals surface area contributed by atoms with Gasteiger partial charge in [0.25, 0.3) is 0 Å². The number of carbonyl (C=O) groups excluding carboxylic acids is 1. The van der Waals surface area contributed by atoms with Crippen LogP contribution in [-0.4, -0.2) is 26.1 Å². The first kappa shape index (κ1) is 12.8. The molecule has 1 saturated heterocycles. The van der Waals surface area contributed by atoms with Crippen LogP contribution in [0.5, 0.6) is 0 Å². The Kier molecular flexibility index (Phi) is 3.04. The number of sulfonamides is 1. The third-order valence-corrected chi connectivity index (χ3v) is 4.37. The Bertz CT molecular complexity index is 598. The van der Waals surface area contributed by atoms with Gasteiger partial charge in [-0.2, -0.15) is 0 Å². The van der Waals surface area contributed by atoms with Crippen molar-refractivity contribution >= 4 is 27.3 Å². The number of nitrogen functional groups attached to an aromatic ring is 1. The summed E-state index contributed by atoms with van der Waals surface area (Å²) in [5, 5.41) is 4.23. The maximum absolute atomic E-state index is 11.8. The molecule has 2 rings (SSSR count). The summed E-state index contributed by atoms with van der Waals surface area (Å²) in [6.45, 7) is 1.94. The standard InChI is InChI=1S/C11H15N3O3S/c1-7-2-3-8(4-10(7)12)14-6-9(5-11(14)15)18(13,16)17/h2-4,9H,5-6,12H2,1H3,(H2,13,16,17). The summed E-state index contributed by atoms with van der Waals surface area (Å²) in [6, 6.07) is 5.20. The highest BCUT2D eigenvalue weighted by molar-refractivity contribution is 7.89. The molecule has 1 aromatic carbocycles. The zero-order valence-electron chi connectivity index (χ0n) is 9.96. The number of primary sulfonamides is 1. The molecular weight excluding hydrogens is 254 g/mol. The van der Waals surface area contributed by atoms with Gasteiger partial charge in [0.2, 0.25) is 15.9 Å². The zero-order chi connectivity index (χ0) is 13.5. The van der Waals surface area contributed by atoms with Gasteiger partial charge in [0.05, 0.1) is 0 Å². The second-order valence-electron chi connectivity index (χ2n) is 4.46. The quantitative estimate of drug-likeness (QED) is 0.735. The van der Waals surface area contributed by atoms with E-state index in [1.54, 1.807) is 18.2 Å². The Balaban J connectivity index is 2.30. The third-order valence-electron chi connectivity index (χ3n) is 3.13. The smallest absolute Gasteiger partial charge is 0.228 e. The predicted octanol–water partition coefficient (Wildman–Crippen LogP) is -0.0290. The molecule has 1 aliphatic rings. The van der Waals surface area contributed by atoms with E-state index in [-0.39, 0.29) is 18.9 Å². The normalized spacial score (nSPS) is 20.4. The summed E-state index contributed by atoms with van der Waals surface area (Å²) in [7, 11) is -3.69. The van der Waals surface area contributed by atoms with E-state index in [0.29, 0.717) is 11.4 Å². The summed E-state index contributed by atoms with van der Waals surface area (Å²) in [5.74, 6) is -0.253. The van der Waals surface area contributed by atoms with Gasteiger partial charge in [0.15, 0.2) is 0 Å². The summed E-state index contributed by atoms with van der Waals surface area (Å²) >= 11 is 0. The lowest BCUT2D eigenvalue weighted by atomic mass is 10.2. The summed E-state index contributed by atoms with van der Waals surface area (Å²) < 4.78 is 22.5. The summed E-state index contributed by atoms with van der Waals surface area (Å²) in [4.78, 5) is 13.2. The minimum atomic E-state index is -3.69. The molecule has 0 spiro atoms. The number of rotatable bonds is 2. The number of aryl methyl sites for hydroxylation is 1. The van der Waals surface area contributed by atoms with E-state index in [1.165, 1.54) is 4.90 Å². The maximum Gasteiger partial charge on any atom is 0.228 e. The Hall–Kier alpha value is -1.60. The fourth-order valence-corrected chi connectivity index (χ4v) is 2.67. The zero-order valence-corrected chi connectivity index (χ0v) is 10.8. The third kappa shape index (κ3) is 2.32. The average molecular weight is 269 g/mol. The molecule has 0 aromatic heterocycles. The molecule has 0 aliphatic carbocycles. The van der Waals surface area contributed by atoms with Crippen molar-refractivity contribution in [2.24, 2.45) is 5.14 Å². The minimum Gasteiger partial charge on any atom is -0.398 e. The van der Waals surface area contributed by atoms with E-state index in [4.69, 9.17) is 10.9 Å². The number of benzene rings is 1. The van der Waals surface area contributed by atoms with Gasteiger partial charge in [-0.15, -0.1) is 0 Å². The highest BCUT2D eigenvalue weighted by Gasteiger charge is 2.37. The number of nitrogens with two attached hydrogens (primary N) is 2. The fourth-order valence-electron chi connectivity index (χ4n) is 1.94. The summed E-state index contributed by atoms with van der Waals surface area (Å²) in [5.41, 5.74) is 7.86. The van der Waals surface area contributed by atoms with Crippen molar-refractivity contribution in [2.45, 2.75) is 18.6 Å². The van der Waals surface area contributed by atoms with Crippen molar-refractivity contribution in [1.82, 2.24) is 0 Å². The molecule has 0 bridgehead atoms. The molecule has 98 valence electrons. The van der Waals surface area contributed by atoms with Crippen LogP contribution in [0.15, 0.2) is 18.2 Å². The van der Waals surface area contributed by atoms with Gasteiger partial charge in [-0.25, -0.2) is 13.6 Å². The maximum atomic E-state index is 11.8. The van der Waals surface area contributed by atoms with E-state index in [2.05, 4.69) is 0 Å². The average Bonchev–Trinajstić information content (AvgIpc) is 2.64. The Morgan fingerprint density at radius 1 is 1.39 bits per heavy atom. The van der Waals surface area contributed by atoms with E-state index in [0.717, 1.165) is 5.56 Å². The number of anilines is 2. The van der Waals surface area contributed by atoms with Crippen molar-refractivity contribution in [1.29, 1.82) is 0 Å². The van der Waals surface area contributed by atoms with Crippen LogP contribution in [0, 0.1) is 6.92 Å². The van der Waals surface area contributed by atoms with Gasteiger partial charge in [-0.05, 0) is 24.6 Å². The molecule has 6 nitrogen and oxygen atoms in total. The largest absolute Gasteiger partial charge is 0.398 e. The first-order valence-electron chi connectivity index (χ1n) is 5.47. The second-order valence-corrected chi connectivity index (χ2v) is 6.31. The fraction of sp³-hybridized carbons (Fsp3) is 0.364. The molecule has 1 heterocycles. The Labute approximate surface area is 106 Å². The Morgan fingerprint density at radius 3 is 2.56 bits per heavy atom. The molecule has 1 atom stereocenters. The molecule has 1 aliphatic heterocycles. The molecule has 7 heteroatoms. The first-order chi connectivity index (χ1) is 8.29. The molecule has 18 heavy (non-hydrogen) atoms. The lowest BCUT2D eigenvalue weighted by molar-refractivity contribution is -0.117. The van der Waals surface area contributed by atoms with E-state index in [1.807, 2.05) is 6.92 Å². The lowest BCUT2D eigenvalue weighted by Crippen LogP contribution is -2.32. The molecule has 1 amide bonds. The molecule has 1 aromatic rings. The van der Waals surface area contributed by atoms with Crippen LogP contribution in [0.2, 0.25) is 0 Å². The van der Waals surface area contributed by atoms with Crippen LogP contribution in [0.25, 0.3) is 0 Å². The van der Waals surface area contributed by atoms with Crippen molar-refractivity contribution in [2.75, 3.05) is 17.2 Å². The second kappa shape index (κ2) is 4.25. The van der Waals surface area contributed by atoms with Crippen molar-refractivity contribution in [3.05, 3.63) is 23.8 Å². The van der Waals surface area contributed by atoms with Gasteiger partial charge in [0, 0.05) is 24.3 Å².